The molecule has 0 saturated heterocycles. The maximum absolute atomic E-state index is 2.16. The molecule has 0 spiro atoms. The summed E-state index contributed by atoms with van der Waals surface area (Å²) in [5, 5.41) is 2.61. The van der Waals surface area contributed by atoms with Crippen LogP contribution in [0.15, 0.2) is 60.9 Å². The fourth-order valence-corrected chi connectivity index (χ4v) is 1.87. The molecule has 0 fully saturated rings. The number of halogens is 2. The molecule has 0 saturated carbocycles. The predicted molar refractivity (Wildman–Crippen MR) is 58.9 cm³/mol. The Balaban J connectivity index is 0.000000853. The second-order valence-electron chi connectivity index (χ2n) is 3.40. The zero-order valence-electron chi connectivity index (χ0n) is 8.98. The van der Waals surface area contributed by atoms with Gasteiger partial charge in [0.1, 0.15) is 0 Å². The van der Waals surface area contributed by atoms with Crippen molar-refractivity contribution in [2.75, 3.05) is 0 Å². The largest absolute Gasteiger partial charge is 3.00 e. The van der Waals surface area contributed by atoms with E-state index < -0.39 is 0 Å². The van der Waals surface area contributed by atoms with E-state index in [2.05, 4.69) is 53.4 Å². The smallest absolute Gasteiger partial charge is 1.00 e. The van der Waals surface area contributed by atoms with Crippen molar-refractivity contribution in [3.63, 3.8) is 0 Å². The molecule has 3 aromatic rings. The van der Waals surface area contributed by atoms with Crippen LogP contribution in [0.3, 0.4) is 0 Å². The van der Waals surface area contributed by atoms with Crippen molar-refractivity contribution < 1.29 is 51.0 Å². The number of aromatic nitrogens is 1. The first kappa shape index (κ1) is 16.6. The first-order chi connectivity index (χ1) is 6.95. The van der Waals surface area contributed by atoms with E-state index in [0.717, 1.165) is 0 Å². The molecule has 1 nitrogen and oxygen atoms in total. The molecule has 17 heavy (non-hydrogen) atoms. The van der Waals surface area contributed by atoms with Gasteiger partial charge in [0, 0.05) is 18.1 Å². The molecule has 0 N–H and O–H groups in total. The number of nitrogens with zero attached hydrogens (tertiary/aromatic N) is 1. The van der Waals surface area contributed by atoms with Crippen molar-refractivity contribution in [1.82, 2.24) is 4.57 Å². The Morgan fingerprint density at radius 1 is 0.882 bits per heavy atom. The first-order valence-electron chi connectivity index (χ1n) is 4.73. The molecule has 85 valence electrons. The SMILES string of the molecule is [Cl-].[Cl-].[Zr+3].c1cc(-n2cccc2)c2cc[cH-]c2c1. The van der Waals surface area contributed by atoms with Crippen LogP contribution in [0.1, 0.15) is 0 Å². The number of rotatable bonds is 1. The Kier molecular flexibility index (Phi) is 6.93. The maximum atomic E-state index is 2.16. The van der Waals surface area contributed by atoms with E-state index in [4.69, 9.17) is 0 Å². The molecule has 0 atom stereocenters. The molecule has 0 aliphatic rings. The summed E-state index contributed by atoms with van der Waals surface area (Å²) in [7, 11) is 0. The van der Waals surface area contributed by atoms with Crippen molar-refractivity contribution in [1.29, 1.82) is 0 Å². The second kappa shape index (κ2) is 7.11. The van der Waals surface area contributed by atoms with Crippen LogP contribution in [-0.4, -0.2) is 4.57 Å². The summed E-state index contributed by atoms with van der Waals surface area (Å²) < 4.78 is 2.14. The van der Waals surface area contributed by atoms with E-state index >= 15 is 0 Å². The number of benzene rings is 1. The van der Waals surface area contributed by atoms with Gasteiger partial charge in [0.2, 0.25) is 0 Å². The van der Waals surface area contributed by atoms with Gasteiger partial charge in [-0.3, -0.25) is 0 Å². The van der Waals surface area contributed by atoms with Crippen molar-refractivity contribution in [3.8, 4) is 5.69 Å². The van der Waals surface area contributed by atoms with Gasteiger partial charge in [-0.15, -0.1) is 29.0 Å². The summed E-state index contributed by atoms with van der Waals surface area (Å²) in [5.74, 6) is 0. The topological polar surface area (TPSA) is 4.93 Å². The quantitative estimate of drug-likeness (QED) is 0.426. The minimum atomic E-state index is 0. The van der Waals surface area contributed by atoms with Gasteiger partial charge in [-0.25, -0.2) is 0 Å². The van der Waals surface area contributed by atoms with Crippen molar-refractivity contribution in [2.45, 2.75) is 0 Å². The van der Waals surface area contributed by atoms with Gasteiger partial charge in [0.25, 0.3) is 0 Å². The van der Waals surface area contributed by atoms with Gasteiger partial charge in [0.05, 0.1) is 0 Å². The summed E-state index contributed by atoms with van der Waals surface area (Å²) >= 11 is 0. The predicted octanol–water partition coefficient (Wildman–Crippen LogP) is -2.65. The minimum absolute atomic E-state index is 0. The third-order valence-corrected chi connectivity index (χ3v) is 2.54. The Hall–Kier alpha value is -0.427. The second-order valence-corrected chi connectivity index (χ2v) is 3.40. The van der Waals surface area contributed by atoms with E-state index in [9.17, 15) is 0 Å². The van der Waals surface area contributed by atoms with Gasteiger partial charge in [-0.2, -0.15) is 12.1 Å². The summed E-state index contributed by atoms with van der Waals surface area (Å²) in [5.41, 5.74) is 1.25. The van der Waals surface area contributed by atoms with Crippen LogP contribution >= 0.6 is 0 Å². The molecule has 1 aromatic heterocycles. The number of hydrogen-bond acceptors (Lipinski definition) is 0. The van der Waals surface area contributed by atoms with Crippen LogP contribution in [0.5, 0.6) is 0 Å². The molecular weight excluding hydrogens is 332 g/mol. The van der Waals surface area contributed by atoms with Crippen molar-refractivity contribution >= 4 is 10.8 Å². The molecule has 3 rings (SSSR count). The van der Waals surface area contributed by atoms with E-state index in [-0.39, 0.29) is 51.0 Å². The standard InChI is InChI=1S/C13H10N.2ClH.Zr/c1-2-10-14(9-1)13-8-4-6-11-5-3-7-12(11)13;;;/h1-10H;2*1H;/q-1;;;+3/p-2. The van der Waals surface area contributed by atoms with Crippen LogP contribution in [0.25, 0.3) is 16.5 Å². The van der Waals surface area contributed by atoms with Crippen LogP contribution < -0.4 is 24.8 Å². The fourth-order valence-electron chi connectivity index (χ4n) is 1.87. The Bertz CT molecular complexity index is 558. The molecule has 1 heterocycles. The van der Waals surface area contributed by atoms with Gasteiger partial charge in [0.15, 0.2) is 0 Å². The molecule has 0 amide bonds. The first-order valence-corrected chi connectivity index (χ1v) is 4.73. The number of fused-ring (bicyclic) bond motifs is 1. The summed E-state index contributed by atoms with van der Waals surface area (Å²) in [6, 6.07) is 16.9. The third-order valence-electron chi connectivity index (χ3n) is 2.54. The fraction of sp³-hybridized carbons (Fsp3) is 0. The van der Waals surface area contributed by atoms with Crippen LogP contribution in [0, 0.1) is 0 Å². The van der Waals surface area contributed by atoms with Crippen LogP contribution in [0.2, 0.25) is 0 Å². The summed E-state index contributed by atoms with van der Waals surface area (Å²) in [6.45, 7) is 0. The normalized spacial score (nSPS) is 8.94. The average molecular weight is 342 g/mol. The molecular formula is C13H10Cl2NZr. The van der Waals surface area contributed by atoms with Gasteiger partial charge in [-0.1, -0.05) is 6.07 Å². The minimum Gasteiger partial charge on any atom is -1.00 e. The van der Waals surface area contributed by atoms with Gasteiger partial charge >= 0.3 is 26.2 Å². The third kappa shape index (κ3) is 3.07. The summed E-state index contributed by atoms with van der Waals surface area (Å²) in [6.07, 6.45) is 4.14. The average Bonchev–Trinajstić information content (AvgIpc) is 2.88. The van der Waals surface area contributed by atoms with E-state index in [1.165, 1.54) is 16.5 Å². The number of hydrogen-bond donors (Lipinski definition) is 0. The van der Waals surface area contributed by atoms with Gasteiger partial charge in [-0.05, 0) is 12.1 Å². The molecule has 0 unspecified atom stereocenters. The van der Waals surface area contributed by atoms with E-state index in [0.29, 0.717) is 0 Å². The monoisotopic (exact) mass is 340 g/mol. The van der Waals surface area contributed by atoms with E-state index in [1.807, 2.05) is 12.1 Å². The molecule has 0 bridgehead atoms. The zero-order valence-corrected chi connectivity index (χ0v) is 12.9. The van der Waals surface area contributed by atoms with E-state index in [1.54, 1.807) is 0 Å². The Morgan fingerprint density at radius 3 is 2.29 bits per heavy atom. The molecule has 0 aliphatic heterocycles. The molecule has 0 aliphatic carbocycles. The van der Waals surface area contributed by atoms with Gasteiger partial charge < -0.3 is 29.4 Å². The van der Waals surface area contributed by atoms with Crippen LogP contribution in [0.4, 0.5) is 0 Å². The molecule has 1 radical (unpaired) electrons. The van der Waals surface area contributed by atoms with Crippen molar-refractivity contribution in [2.24, 2.45) is 0 Å². The summed E-state index contributed by atoms with van der Waals surface area (Å²) in [4.78, 5) is 0. The van der Waals surface area contributed by atoms with Crippen molar-refractivity contribution in [3.05, 3.63) is 60.9 Å². The zero-order chi connectivity index (χ0) is 9.38. The Morgan fingerprint density at radius 2 is 1.59 bits per heavy atom. The maximum Gasteiger partial charge on any atom is 3.00 e. The van der Waals surface area contributed by atoms with Crippen LogP contribution in [-0.2, 0) is 26.2 Å². The molecule has 2 aromatic carbocycles. The molecule has 4 heteroatoms. The Labute approximate surface area is 132 Å².